The Morgan fingerprint density at radius 3 is 2.89 bits per heavy atom. The predicted octanol–water partition coefficient (Wildman–Crippen LogP) is 1.88. The Morgan fingerprint density at radius 2 is 2.16 bits per heavy atom. The Morgan fingerprint density at radius 1 is 1.37 bits per heavy atom. The Balaban J connectivity index is 1.92. The molecule has 0 bridgehead atoms. The number of anilines is 1. The molecule has 1 N–H and O–H groups in total. The third kappa shape index (κ3) is 4.19. The Bertz CT molecular complexity index is 416. The maximum atomic E-state index is 11.4. The van der Waals surface area contributed by atoms with Crippen LogP contribution >= 0.6 is 0 Å². The average Bonchev–Trinajstić information content (AvgIpc) is 2.47. The standard InChI is InChI=1S/C14H22N4O/c1-2-6-13(19)16-11-12-7-8-15-14(17-12)18-9-4-3-5-10-18/h7-8H,2-6,9-11H2,1H3,(H,16,19). The van der Waals surface area contributed by atoms with E-state index >= 15 is 0 Å². The van der Waals surface area contributed by atoms with Gasteiger partial charge >= 0.3 is 0 Å². The van der Waals surface area contributed by atoms with Crippen molar-refractivity contribution >= 4 is 11.9 Å². The van der Waals surface area contributed by atoms with E-state index in [1.54, 1.807) is 6.20 Å². The number of nitrogens with one attached hydrogen (secondary N) is 1. The van der Waals surface area contributed by atoms with Gasteiger partial charge in [-0.2, -0.15) is 0 Å². The van der Waals surface area contributed by atoms with Gasteiger partial charge in [0.1, 0.15) is 0 Å². The summed E-state index contributed by atoms with van der Waals surface area (Å²) in [7, 11) is 0. The summed E-state index contributed by atoms with van der Waals surface area (Å²) in [5.41, 5.74) is 0.875. The van der Waals surface area contributed by atoms with E-state index in [0.717, 1.165) is 31.2 Å². The van der Waals surface area contributed by atoms with Crippen molar-refractivity contribution in [2.24, 2.45) is 0 Å². The number of aromatic nitrogens is 2. The van der Waals surface area contributed by atoms with Crippen molar-refractivity contribution in [3.8, 4) is 0 Å². The third-order valence-electron chi connectivity index (χ3n) is 3.28. The number of nitrogens with zero attached hydrogens (tertiary/aromatic N) is 3. The lowest BCUT2D eigenvalue weighted by molar-refractivity contribution is -0.121. The van der Waals surface area contributed by atoms with Gasteiger partial charge in [-0.3, -0.25) is 4.79 Å². The minimum atomic E-state index is 0.0839. The fourth-order valence-electron chi connectivity index (χ4n) is 2.23. The summed E-state index contributed by atoms with van der Waals surface area (Å²) in [6.45, 7) is 4.55. The van der Waals surface area contributed by atoms with E-state index in [1.807, 2.05) is 13.0 Å². The summed E-state index contributed by atoms with van der Waals surface area (Å²) in [6, 6.07) is 1.86. The molecule has 1 aromatic heterocycles. The molecule has 0 radical (unpaired) electrons. The minimum Gasteiger partial charge on any atom is -0.350 e. The van der Waals surface area contributed by atoms with Crippen LogP contribution in [0.3, 0.4) is 0 Å². The molecule has 1 aliphatic heterocycles. The molecule has 2 rings (SSSR count). The fraction of sp³-hybridized carbons (Fsp3) is 0.643. The maximum Gasteiger partial charge on any atom is 0.225 e. The van der Waals surface area contributed by atoms with Crippen molar-refractivity contribution in [3.63, 3.8) is 0 Å². The van der Waals surface area contributed by atoms with E-state index in [2.05, 4.69) is 20.2 Å². The first-order valence-corrected chi connectivity index (χ1v) is 7.13. The molecule has 0 aliphatic carbocycles. The molecular formula is C14H22N4O. The van der Waals surface area contributed by atoms with Crippen LogP contribution in [0.2, 0.25) is 0 Å². The van der Waals surface area contributed by atoms with Crippen LogP contribution in [0.1, 0.15) is 44.7 Å². The number of hydrogen-bond donors (Lipinski definition) is 1. The topological polar surface area (TPSA) is 58.1 Å². The van der Waals surface area contributed by atoms with Crippen LogP contribution in [-0.4, -0.2) is 29.0 Å². The molecule has 5 nitrogen and oxygen atoms in total. The van der Waals surface area contributed by atoms with Crippen LogP contribution in [0, 0.1) is 0 Å². The molecule has 1 aromatic rings. The van der Waals surface area contributed by atoms with Gasteiger partial charge in [-0.1, -0.05) is 6.92 Å². The molecular weight excluding hydrogens is 240 g/mol. The van der Waals surface area contributed by atoms with Crippen molar-refractivity contribution in [1.82, 2.24) is 15.3 Å². The summed E-state index contributed by atoms with van der Waals surface area (Å²) in [4.78, 5) is 22.5. The summed E-state index contributed by atoms with van der Waals surface area (Å²) in [5, 5.41) is 2.88. The first kappa shape index (κ1) is 13.8. The zero-order chi connectivity index (χ0) is 13.5. The van der Waals surface area contributed by atoms with Crippen LogP contribution in [-0.2, 0) is 11.3 Å². The lowest BCUT2D eigenvalue weighted by Crippen LogP contribution is -2.31. The summed E-state index contributed by atoms with van der Waals surface area (Å²) in [6.07, 6.45) is 6.93. The first-order chi connectivity index (χ1) is 9.29. The van der Waals surface area contributed by atoms with Gasteiger partial charge in [-0.25, -0.2) is 9.97 Å². The summed E-state index contributed by atoms with van der Waals surface area (Å²) in [5.74, 6) is 0.877. The highest BCUT2D eigenvalue weighted by molar-refractivity contribution is 5.75. The molecule has 0 saturated carbocycles. The van der Waals surface area contributed by atoms with Gasteiger partial charge in [0.15, 0.2) is 0 Å². The quantitative estimate of drug-likeness (QED) is 0.880. The number of rotatable bonds is 5. The van der Waals surface area contributed by atoms with E-state index in [9.17, 15) is 4.79 Å². The van der Waals surface area contributed by atoms with Crippen LogP contribution in [0.5, 0.6) is 0 Å². The fourth-order valence-corrected chi connectivity index (χ4v) is 2.23. The number of hydrogen-bond acceptors (Lipinski definition) is 4. The number of amides is 1. The van der Waals surface area contributed by atoms with Crippen molar-refractivity contribution in [1.29, 1.82) is 0 Å². The van der Waals surface area contributed by atoms with E-state index in [1.165, 1.54) is 19.3 Å². The van der Waals surface area contributed by atoms with Crippen LogP contribution < -0.4 is 10.2 Å². The number of carbonyl (C=O) groups is 1. The molecule has 19 heavy (non-hydrogen) atoms. The largest absolute Gasteiger partial charge is 0.350 e. The van der Waals surface area contributed by atoms with Gasteiger partial charge in [0.2, 0.25) is 11.9 Å². The molecule has 0 spiro atoms. The van der Waals surface area contributed by atoms with Gasteiger partial charge < -0.3 is 10.2 Å². The van der Waals surface area contributed by atoms with Crippen molar-refractivity contribution in [3.05, 3.63) is 18.0 Å². The SMILES string of the molecule is CCCC(=O)NCc1ccnc(N2CCCCC2)n1. The smallest absolute Gasteiger partial charge is 0.225 e. The highest BCUT2D eigenvalue weighted by atomic mass is 16.1. The summed E-state index contributed by atoms with van der Waals surface area (Å²) >= 11 is 0. The van der Waals surface area contributed by atoms with E-state index < -0.39 is 0 Å². The number of piperidine rings is 1. The normalized spacial score (nSPS) is 15.3. The maximum absolute atomic E-state index is 11.4. The molecule has 104 valence electrons. The van der Waals surface area contributed by atoms with Crippen molar-refractivity contribution in [2.45, 2.75) is 45.6 Å². The monoisotopic (exact) mass is 262 g/mol. The Kier molecular flexibility index (Phi) is 5.12. The zero-order valence-corrected chi connectivity index (χ0v) is 11.6. The predicted molar refractivity (Wildman–Crippen MR) is 74.9 cm³/mol. The first-order valence-electron chi connectivity index (χ1n) is 7.13. The van der Waals surface area contributed by atoms with Gasteiger partial charge in [-0.05, 0) is 31.7 Å². The van der Waals surface area contributed by atoms with Crippen molar-refractivity contribution in [2.75, 3.05) is 18.0 Å². The molecule has 1 saturated heterocycles. The molecule has 1 fully saturated rings. The van der Waals surface area contributed by atoms with E-state index in [0.29, 0.717) is 13.0 Å². The van der Waals surface area contributed by atoms with Crippen molar-refractivity contribution < 1.29 is 4.79 Å². The van der Waals surface area contributed by atoms with Crippen LogP contribution in [0.4, 0.5) is 5.95 Å². The average molecular weight is 262 g/mol. The second kappa shape index (κ2) is 7.07. The Hall–Kier alpha value is -1.65. The second-order valence-electron chi connectivity index (χ2n) is 4.92. The molecule has 0 atom stereocenters. The Labute approximate surface area is 114 Å². The summed E-state index contributed by atoms with van der Waals surface area (Å²) < 4.78 is 0. The molecule has 5 heteroatoms. The van der Waals surface area contributed by atoms with Gasteiger partial charge in [-0.15, -0.1) is 0 Å². The highest BCUT2D eigenvalue weighted by Crippen LogP contribution is 2.15. The van der Waals surface area contributed by atoms with Gasteiger partial charge in [0.25, 0.3) is 0 Å². The van der Waals surface area contributed by atoms with Crippen LogP contribution in [0.25, 0.3) is 0 Å². The number of carbonyl (C=O) groups excluding carboxylic acids is 1. The minimum absolute atomic E-state index is 0.0839. The lowest BCUT2D eigenvalue weighted by Gasteiger charge is -2.26. The molecule has 2 heterocycles. The molecule has 0 unspecified atom stereocenters. The molecule has 0 aromatic carbocycles. The highest BCUT2D eigenvalue weighted by Gasteiger charge is 2.13. The molecule has 1 aliphatic rings. The second-order valence-corrected chi connectivity index (χ2v) is 4.92. The van der Waals surface area contributed by atoms with E-state index in [4.69, 9.17) is 0 Å². The third-order valence-corrected chi connectivity index (χ3v) is 3.28. The van der Waals surface area contributed by atoms with E-state index in [-0.39, 0.29) is 5.91 Å². The van der Waals surface area contributed by atoms with Crippen LogP contribution in [0.15, 0.2) is 12.3 Å². The van der Waals surface area contributed by atoms with Gasteiger partial charge in [0, 0.05) is 25.7 Å². The lowest BCUT2D eigenvalue weighted by atomic mass is 10.1. The van der Waals surface area contributed by atoms with Gasteiger partial charge in [0.05, 0.1) is 12.2 Å². The zero-order valence-electron chi connectivity index (χ0n) is 11.6. The molecule has 1 amide bonds.